The number of piperidine rings is 1. The number of nitrogens with zero attached hydrogens (tertiary/aromatic N) is 1. The quantitative estimate of drug-likeness (QED) is 0.842. The van der Waals surface area contributed by atoms with Crippen LogP contribution in [0.25, 0.3) is 0 Å². The van der Waals surface area contributed by atoms with Gasteiger partial charge in [0.05, 0.1) is 6.61 Å². The fraction of sp³-hybridized carbons (Fsp3) is 1.00. The number of methoxy groups -OCH3 is 1. The van der Waals surface area contributed by atoms with Crippen LogP contribution in [0.15, 0.2) is 0 Å². The highest BCUT2D eigenvalue weighted by Crippen LogP contribution is 2.34. The van der Waals surface area contributed by atoms with Gasteiger partial charge in [0, 0.05) is 26.2 Å². The van der Waals surface area contributed by atoms with E-state index in [4.69, 9.17) is 10.5 Å². The van der Waals surface area contributed by atoms with Gasteiger partial charge >= 0.3 is 0 Å². The normalized spacial score (nSPS) is 36.5. The van der Waals surface area contributed by atoms with Crippen LogP contribution in [0, 0.1) is 23.7 Å². The second kappa shape index (κ2) is 7.77. The molecule has 20 heavy (non-hydrogen) atoms. The van der Waals surface area contributed by atoms with E-state index in [1.807, 2.05) is 7.11 Å². The standard InChI is InChI=1S/C17H34N2O/c1-13(2)15-6-7-17(18)16(9-15)11-19-8-4-5-14(10-19)12-20-3/h13-17H,4-12,18H2,1-3H3. The van der Waals surface area contributed by atoms with Gasteiger partial charge in [-0.3, -0.25) is 0 Å². The molecule has 1 aliphatic carbocycles. The zero-order valence-electron chi connectivity index (χ0n) is 13.7. The average Bonchev–Trinajstić information content (AvgIpc) is 2.42. The number of ether oxygens (including phenoxy) is 1. The van der Waals surface area contributed by atoms with Gasteiger partial charge in [0.25, 0.3) is 0 Å². The van der Waals surface area contributed by atoms with Crippen LogP contribution in [0.3, 0.4) is 0 Å². The van der Waals surface area contributed by atoms with E-state index in [1.165, 1.54) is 51.7 Å². The van der Waals surface area contributed by atoms with Crippen molar-refractivity contribution in [3.63, 3.8) is 0 Å². The Hall–Kier alpha value is -0.120. The Morgan fingerprint density at radius 1 is 1.25 bits per heavy atom. The molecule has 0 spiro atoms. The Morgan fingerprint density at radius 3 is 2.75 bits per heavy atom. The smallest absolute Gasteiger partial charge is 0.0502 e. The van der Waals surface area contributed by atoms with Crippen LogP contribution in [0.2, 0.25) is 0 Å². The molecule has 3 nitrogen and oxygen atoms in total. The van der Waals surface area contributed by atoms with Crippen molar-refractivity contribution >= 4 is 0 Å². The maximum atomic E-state index is 6.40. The third-order valence-corrected chi connectivity index (χ3v) is 5.52. The van der Waals surface area contributed by atoms with Crippen molar-refractivity contribution in [3.8, 4) is 0 Å². The molecule has 3 heteroatoms. The summed E-state index contributed by atoms with van der Waals surface area (Å²) >= 11 is 0. The molecular formula is C17H34N2O. The molecule has 118 valence electrons. The predicted octanol–water partition coefficient (Wildman–Crippen LogP) is 2.74. The number of nitrogens with two attached hydrogens (primary N) is 1. The van der Waals surface area contributed by atoms with E-state index < -0.39 is 0 Å². The van der Waals surface area contributed by atoms with Gasteiger partial charge in [-0.15, -0.1) is 0 Å². The minimum Gasteiger partial charge on any atom is -0.384 e. The zero-order valence-corrected chi connectivity index (χ0v) is 13.7. The molecule has 1 saturated carbocycles. The fourth-order valence-corrected chi connectivity index (χ4v) is 4.16. The monoisotopic (exact) mass is 282 g/mol. The first kappa shape index (κ1) is 16.3. The van der Waals surface area contributed by atoms with E-state index in [1.54, 1.807) is 0 Å². The fourth-order valence-electron chi connectivity index (χ4n) is 4.16. The summed E-state index contributed by atoms with van der Waals surface area (Å²) < 4.78 is 5.34. The third-order valence-electron chi connectivity index (χ3n) is 5.52. The maximum absolute atomic E-state index is 6.40. The summed E-state index contributed by atoms with van der Waals surface area (Å²) in [5.74, 6) is 3.14. The molecule has 2 aliphatic rings. The molecule has 2 rings (SSSR count). The molecule has 4 atom stereocenters. The summed E-state index contributed by atoms with van der Waals surface area (Å²) in [6.45, 7) is 9.34. The van der Waals surface area contributed by atoms with Crippen molar-refractivity contribution in [3.05, 3.63) is 0 Å². The van der Waals surface area contributed by atoms with E-state index in [9.17, 15) is 0 Å². The molecule has 0 aromatic heterocycles. The van der Waals surface area contributed by atoms with Gasteiger partial charge in [-0.25, -0.2) is 0 Å². The van der Waals surface area contributed by atoms with E-state index >= 15 is 0 Å². The number of hydrogen-bond acceptors (Lipinski definition) is 3. The molecule has 0 radical (unpaired) electrons. The largest absolute Gasteiger partial charge is 0.384 e. The highest BCUT2D eigenvalue weighted by atomic mass is 16.5. The van der Waals surface area contributed by atoms with Crippen LogP contribution >= 0.6 is 0 Å². The number of rotatable bonds is 5. The first-order valence-electron chi connectivity index (χ1n) is 8.57. The van der Waals surface area contributed by atoms with Crippen LogP contribution < -0.4 is 5.73 Å². The van der Waals surface area contributed by atoms with Crippen molar-refractivity contribution < 1.29 is 4.74 Å². The van der Waals surface area contributed by atoms with Crippen LogP contribution in [0.1, 0.15) is 46.0 Å². The minimum absolute atomic E-state index is 0.424. The molecule has 0 aromatic carbocycles. The molecule has 2 N–H and O–H groups in total. The van der Waals surface area contributed by atoms with Gasteiger partial charge in [-0.05, 0) is 62.3 Å². The average molecular weight is 282 g/mol. The first-order chi connectivity index (χ1) is 9.60. The SMILES string of the molecule is COCC1CCCN(CC2CC(C(C)C)CCC2N)C1. The zero-order chi connectivity index (χ0) is 14.5. The van der Waals surface area contributed by atoms with Crippen LogP contribution in [-0.2, 0) is 4.74 Å². The topological polar surface area (TPSA) is 38.5 Å². The van der Waals surface area contributed by atoms with Crippen molar-refractivity contribution in [1.29, 1.82) is 0 Å². The van der Waals surface area contributed by atoms with Gasteiger partial charge in [0.15, 0.2) is 0 Å². The minimum atomic E-state index is 0.424. The molecule has 4 unspecified atom stereocenters. The Morgan fingerprint density at radius 2 is 2.05 bits per heavy atom. The van der Waals surface area contributed by atoms with E-state index in [2.05, 4.69) is 18.7 Å². The van der Waals surface area contributed by atoms with E-state index in [0.717, 1.165) is 24.4 Å². The molecule has 1 saturated heterocycles. The second-order valence-electron chi connectivity index (χ2n) is 7.46. The van der Waals surface area contributed by atoms with Gasteiger partial charge in [-0.1, -0.05) is 13.8 Å². The maximum Gasteiger partial charge on any atom is 0.0502 e. The van der Waals surface area contributed by atoms with E-state index in [0.29, 0.717) is 12.0 Å². The number of likely N-dealkylation sites (tertiary alicyclic amines) is 1. The Bertz CT molecular complexity index is 280. The van der Waals surface area contributed by atoms with Crippen LogP contribution in [-0.4, -0.2) is 44.3 Å². The summed E-state index contributed by atoms with van der Waals surface area (Å²) in [7, 11) is 1.82. The second-order valence-corrected chi connectivity index (χ2v) is 7.46. The Balaban J connectivity index is 1.84. The van der Waals surface area contributed by atoms with Gasteiger partial charge in [0.1, 0.15) is 0 Å². The molecule has 1 aliphatic heterocycles. The van der Waals surface area contributed by atoms with Crippen molar-refractivity contribution in [2.24, 2.45) is 29.4 Å². The van der Waals surface area contributed by atoms with Crippen molar-refractivity contribution in [1.82, 2.24) is 4.90 Å². The van der Waals surface area contributed by atoms with E-state index in [-0.39, 0.29) is 0 Å². The van der Waals surface area contributed by atoms with Gasteiger partial charge < -0.3 is 15.4 Å². The summed E-state index contributed by atoms with van der Waals surface area (Å²) in [6, 6.07) is 0.424. The third kappa shape index (κ3) is 4.44. The van der Waals surface area contributed by atoms with Crippen LogP contribution in [0.5, 0.6) is 0 Å². The molecule has 0 aromatic rings. The van der Waals surface area contributed by atoms with Crippen molar-refractivity contribution in [2.75, 3.05) is 33.4 Å². The Labute approximate surface area is 125 Å². The molecule has 0 bridgehead atoms. The molecule has 1 heterocycles. The number of hydrogen-bond donors (Lipinski definition) is 1. The molecule has 2 fully saturated rings. The lowest BCUT2D eigenvalue weighted by Gasteiger charge is -2.41. The molecular weight excluding hydrogens is 248 g/mol. The predicted molar refractivity (Wildman–Crippen MR) is 84.7 cm³/mol. The lowest BCUT2D eigenvalue weighted by molar-refractivity contribution is 0.0678. The first-order valence-corrected chi connectivity index (χ1v) is 8.57. The lowest BCUT2D eigenvalue weighted by Crippen LogP contribution is -2.46. The van der Waals surface area contributed by atoms with Gasteiger partial charge in [-0.2, -0.15) is 0 Å². The highest BCUT2D eigenvalue weighted by molar-refractivity contribution is 4.86. The summed E-state index contributed by atoms with van der Waals surface area (Å²) in [5, 5.41) is 0. The lowest BCUT2D eigenvalue weighted by atomic mass is 9.73. The highest BCUT2D eigenvalue weighted by Gasteiger charge is 2.32. The van der Waals surface area contributed by atoms with Gasteiger partial charge in [0.2, 0.25) is 0 Å². The van der Waals surface area contributed by atoms with Crippen LogP contribution in [0.4, 0.5) is 0 Å². The molecule has 0 amide bonds. The summed E-state index contributed by atoms with van der Waals surface area (Å²) in [5.41, 5.74) is 6.40. The van der Waals surface area contributed by atoms with Crippen molar-refractivity contribution in [2.45, 2.75) is 52.0 Å². The summed E-state index contributed by atoms with van der Waals surface area (Å²) in [4.78, 5) is 2.65. The summed E-state index contributed by atoms with van der Waals surface area (Å²) in [6.07, 6.45) is 6.55. The Kier molecular flexibility index (Phi) is 6.31.